The number of ether oxygens (including phenoxy) is 2. The van der Waals surface area contributed by atoms with Gasteiger partial charge in [-0.3, -0.25) is 9.69 Å². The van der Waals surface area contributed by atoms with Crippen LogP contribution < -0.4 is 14.4 Å². The maximum Gasteiger partial charge on any atom is 0.238 e. The van der Waals surface area contributed by atoms with Crippen molar-refractivity contribution in [3.05, 3.63) is 65.2 Å². The lowest BCUT2D eigenvalue weighted by atomic mass is 10.1. The van der Waals surface area contributed by atoms with E-state index in [2.05, 4.69) is 18.2 Å². The number of carbonyl (C=O) groups is 1. The lowest BCUT2D eigenvalue weighted by molar-refractivity contribution is -0.115. The molecule has 0 aliphatic carbocycles. The first-order valence-electron chi connectivity index (χ1n) is 8.45. The molecule has 1 unspecified atom stereocenters. The van der Waals surface area contributed by atoms with Crippen LogP contribution in [0.2, 0.25) is 5.02 Å². The van der Waals surface area contributed by atoms with E-state index >= 15 is 0 Å². The predicted molar refractivity (Wildman–Crippen MR) is 111 cm³/mol. The molecule has 1 fully saturated rings. The van der Waals surface area contributed by atoms with E-state index in [1.54, 1.807) is 49.1 Å². The van der Waals surface area contributed by atoms with Gasteiger partial charge >= 0.3 is 0 Å². The molecule has 3 aromatic carbocycles. The number of benzene rings is 3. The Bertz CT molecular complexity index is 1020. The largest absolute Gasteiger partial charge is 0.497 e. The van der Waals surface area contributed by atoms with Gasteiger partial charge in [0.2, 0.25) is 5.91 Å². The van der Waals surface area contributed by atoms with Gasteiger partial charge in [-0.05, 0) is 52.7 Å². The van der Waals surface area contributed by atoms with Crippen molar-refractivity contribution in [2.75, 3.05) is 24.9 Å². The van der Waals surface area contributed by atoms with Crippen molar-refractivity contribution < 1.29 is 14.3 Å². The first-order chi connectivity index (χ1) is 13.1. The number of hydrogen-bond donors (Lipinski definition) is 0. The second-order valence-electron chi connectivity index (χ2n) is 6.22. The van der Waals surface area contributed by atoms with E-state index in [-0.39, 0.29) is 11.3 Å². The minimum Gasteiger partial charge on any atom is -0.497 e. The zero-order valence-electron chi connectivity index (χ0n) is 14.9. The van der Waals surface area contributed by atoms with E-state index in [0.717, 1.165) is 22.1 Å². The maximum absolute atomic E-state index is 12.7. The standard InChI is InChI=1S/C21H18ClNO3S/c1-25-17-7-5-13-9-15(4-3-14(13)10-17)21-23(20(24)12-27-21)18-11-16(22)6-8-19(18)26-2/h3-11,21H,12H2,1-2H3. The van der Waals surface area contributed by atoms with E-state index in [1.807, 2.05) is 18.2 Å². The number of hydrogen-bond acceptors (Lipinski definition) is 4. The Morgan fingerprint density at radius 2 is 1.78 bits per heavy atom. The Labute approximate surface area is 167 Å². The molecule has 1 amide bonds. The third-order valence-electron chi connectivity index (χ3n) is 4.62. The highest BCUT2D eigenvalue weighted by molar-refractivity contribution is 8.00. The van der Waals surface area contributed by atoms with Crippen molar-refractivity contribution in [1.29, 1.82) is 0 Å². The number of methoxy groups -OCH3 is 2. The van der Waals surface area contributed by atoms with Crippen LogP contribution in [-0.4, -0.2) is 25.9 Å². The van der Waals surface area contributed by atoms with Gasteiger partial charge in [-0.25, -0.2) is 0 Å². The van der Waals surface area contributed by atoms with E-state index in [1.165, 1.54) is 0 Å². The zero-order valence-corrected chi connectivity index (χ0v) is 16.5. The van der Waals surface area contributed by atoms with Crippen molar-refractivity contribution in [1.82, 2.24) is 0 Å². The van der Waals surface area contributed by atoms with Gasteiger partial charge in [0.05, 0.1) is 25.7 Å². The molecule has 27 heavy (non-hydrogen) atoms. The number of halogens is 1. The molecule has 1 atom stereocenters. The number of rotatable bonds is 4. The van der Waals surface area contributed by atoms with E-state index < -0.39 is 0 Å². The zero-order chi connectivity index (χ0) is 19.0. The molecule has 1 heterocycles. The highest BCUT2D eigenvalue weighted by atomic mass is 35.5. The quantitative estimate of drug-likeness (QED) is 0.597. The second kappa shape index (κ2) is 7.33. The molecule has 6 heteroatoms. The van der Waals surface area contributed by atoms with Crippen molar-refractivity contribution in [3.8, 4) is 11.5 Å². The first-order valence-corrected chi connectivity index (χ1v) is 9.88. The Hall–Kier alpha value is -2.37. The summed E-state index contributed by atoms with van der Waals surface area (Å²) in [6.07, 6.45) is 0. The molecular formula is C21H18ClNO3S. The number of fused-ring (bicyclic) bond motifs is 1. The van der Waals surface area contributed by atoms with Gasteiger partial charge in [-0.1, -0.05) is 29.8 Å². The van der Waals surface area contributed by atoms with Crippen LogP contribution in [0.15, 0.2) is 54.6 Å². The summed E-state index contributed by atoms with van der Waals surface area (Å²) in [4.78, 5) is 14.5. The Morgan fingerprint density at radius 3 is 2.56 bits per heavy atom. The molecule has 0 saturated carbocycles. The molecule has 4 nitrogen and oxygen atoms in total. The molecule has 0 bridgehead atoms. The highest BCUT2D eigenvalue weighted by Crippen LogP contribution is 2.46. The molecule has 0 radical (unpaired) electrons. The van der Waals surface area contributed by atoms with Gasteiger partial charge in [0.25, 0.3) is 0 Å². The Morgan fingerprint density at radius 1 is 1.00 bits per heavy atom. The summed E-state index contributed by atoms with van der Waals surface area (Å²) < 4.78 is 10.8. The van der Waals surface area contributed by atoms with Crippen molar-refractivity contribution >= 4 is 45.7 Å². The normalized spacial score (nSPS) is 16.8. The SMILES string of the molecule is COc1ccc2cc(C3SCC(=O)N3c3cc(Cl)ccc3OC)ccc2c1. The molecule has 1 aliphatic rings. The van der Waals surface area contributed by atoms with Crippen LogP contribution in [0.25, 0.3) is 10.8 Å². The summed E-state index contributed by atoms with van der Waals surface area (Å²) >= 11 is 7.79. The summed E-state index contributed by atoms with van der Waals surface area (Å²) in [7, 11) is 3.26. The topological polar surface area (TPSA) is 38.8 Å². The average Bonchev–Trinajstić information content (AvgIpc) is 3.08. The Kier molecular flexibility index (Phi) is 4.89. The van der Waals surface area contributed by atoms with Crippen molar-refractivity contribution in [2.45, 2.75) is 5.37 Å². The molecule has 138 valence electrons. The fourth-order valence-corrected chi connectivity index (χ4v) is 4.63. The number of amides is 1. The molecule has 4 rings (SSSR count). The molecule has 0 N–H and O–H groups in total. The van der Waals surface area contributed by atoms with E-state index in [4.69, 9.17) is 21.1 Å². The van der Waals surface area contributed by atoms with E-state index in [9.17, 15) is 4.79 Å². The summed E-state index contributed by atoms with van der Waals surface area (Å²) in [5.41, 5.74) is 1.75. The van der Waals surface area contributed by atoms with Crippen LogP contribution in [0.4, 0.5) is 5.69 Å². The number of anilines is 1. The van der Waals surface area contributed by atoms with Crippen LogP contribution in [0, 0.1) is 0 Å². The van der Waals surface area contributed by atoms with Crippen LogP contribution in [-0.2, 0) is 4.79 Å². The summed E-state index contributed by atoms with van der Waals surface area (Å²) in [5.74, 6) is 1.91. The van der Waals surface area contributed by atoms with Gasteiger partial charge in [0.1, 0.15) is 16.9 Å². The number of nitrogens with zero attached hydrogens (tertiary/aromatic N) is 1. The van der Waals surface area contributed by atoms with Gasteiger partial charge in [-0.15, -0.1) is 11.8 Å². The molecule has 0 spiro atoms. The van der Waals surface area contributed by atoms with E-state index in [0.29, 0.717) is 22.2 Å². The highest BCUT2D eigenvalue weighted by Gasteiger charge is 2.35. The molecule has 0 aromatic heterocycles. The lowest BCUT2D eigenvalue weighted by Crippen LogP contribution is -2.28. The summed E-state index contributed by atoms with van der Waals surface area (Å²) in [6.45, 7) is 0. The molecule has 1 saturated heterocycles. The molecular weight excluding hydrogens is 382 g/mol. The predicted octanol–water partition coefficient (Wildman–Crippen LogP) is 5.29. The fraction of sp³-hybridized carbons (Fsp3) is 0.190. The average molecular weight is 400 g/mol. The van der Waals surface area contributed by atoms with Gasteiger partial charge in [-0.2, -0.15) is 0 Å². The third kappa shape index (κ3) is 3.33. The smallest absolute Gasteiger partial charge is 0.238 e. The van der Waals surface area contributed by atoms with Crippen LogP contribution >= 0.6 is 23.4 Å². The second-order valence-corrected chi connectivity index (χ2v) is 7.72. The Balaban J connectivity index is 1.77. The number of carbonyl (C=O) groups excluding carboxylic acids is 1. The van der Waals surface area contributed by atoms with Crippen molar-refractivity contribution in [3.63, 3.8) is 0 Å². The minimum absolute atomic E-state index is 0.0420. The summed E-state index contributed by atoms with van der Waals surface area (Å²) in [6, 6.07) is 17.5. The molecule has 3 aromatic rings. The fourth-order valence-electron chi connectivity index (χ4n) is 3.31. The number of thioether (sulfide) groups is 1. The van der Waals surface area contributed by atoms with Gasteiger partial charge in [0.15, 0.2) is 0 Å². The van der Waals surface area contributed by atoms with Gasteiger partial charge < -0.3 is 9.47 Å². The molecule has 1 aliphatic heterocycles. The van der Waals surface area contributed by atoms with Crippen molar-refractivity contribution in [2.24, 2.45) is 0 Å². The minimum atomic E-state index is -0.128. The monoisotopic (exact) mass is 399 g/mol. The summed E-state index contributed by atoms with van der Waals surface area (Å²) in [5, 5.41) is 2.64. The van der Waals surface area contributed by atoms with Crippen LogP contribution in [0.5, 0.6) is 11.5 Å². The third-order valence-corrected chi connectivity index (χ3v) is 6.07. The van der Waals surface area contributed by atoms with Crippen LogP contribution in [0.1, 0.15) is 10.9 Å². The first kappa shape index (κ1) is 18.0. The maximum atomic E-state index is 12.7. The lowest BCUT2D eigenvalue weighted by Gasteiger charge is -2.26. The van der Waals surface area contributed by atoms with Crippen LogP contribution in [0.3, 0.4) is 0 Å². The van der Waals surface area contributed by atoms with Gasteiger partial charge in [0, 0.05) is 5.02 Å².